The van der Waals surface area contributed by atoms with Gasteiger partial charge >= 0.3 is 0 Å². The molecule has 108 valence electrons. The normalized spacial score (nSPS) is 11.2. The summed E-state index contributed by atoms with van der Waals surface area (Å²) in [6.45, 7) is 9.20. The summed E-state index contributed by atoms with van der Waals surface area (Å²) < 4.78 is 24.9. The zero-order valence-corrected chi connectivity index (χ0v) is 12.3. The minimum atomic E-state index is -2.54. The molecule has 0 aliphatic heterocycles. The van der Waals surface area contributed by atoms with E-state index in [-0.39, 0.29) is 11.2 Å². The van der Waals surface area contributed by atoms with Crippen LogP contribution in [0.5, 0.6) is 0 Å². The van der Waals surface area contributed by atoms with E-state index in [1.54, 1.807) is 0 Å². The van der Waals surface area contributed by atoms with Gasteiger partial charge in [0.25, 0.3) is 5.76 Å². The highest BCUT2D eigenvalue weighted by Crippen LogP contribution is 2.24. The molecule has 0 bridgehead atoms. The van der Waals surface area contributed by atoms with Crippen molar-refractivity contribution in [2.24, 2.45) is 0 Å². The lowest BCUT2D eigenvalue weighted by Crippen LogP contribution is -2.25. The van der Waals surface area contributed by atoms with Crippen molar-refractivity contribution in [1.82, 2.24) is 15.0 Å². The van der Waals surface area contributed by atoms with Crippen LogP contribution >= 0.6 is 11.8 Å². The Morgan fingerprint density at radius 1 is 1.16 bits per heavy atom. The number of halogens is 2. The molecule has 0 saturated carbocycles. The Bertz CT molecular complexity index is 370. The molecule has 1 rings (SSSR count). The number of alkyl halides is 2. The van der Waals surface area contributed by atoms with Gasteiger partial charge in [0.2, 0.25) is 11.9 Å². The van der Waals surface area contributed by atoms with Crippen LogP contribution in [0.1, 0.15) is 27.7 Å². The van der Waals surface area contributed by atoms with Crippen LogP contribution in [-0.4, -0.2) is 39.8 Å². The molecule has 1 aromatic heterocycles. The number of hydrogen-bond acceptors (Lipinski definition) is 6. The van der Waals surface area contributed by atoms with E-state index in [1.165, 1.54) is 0 Å². The summed E-state index contributed by atoms with van der Waals surface area (Å²) in [5.41, 5.74) is 0. The SMILES string of the molecule is CCN(CC)c1nc(NC(C)C)nc(SC(F)F)n1. The number of aromatic nitrogens is 3. The van der Waals surface area contributed by atoms with E-state index < -0.39 is 5.76 Å². The summed E-state index contributed by atoms with van der Waals surface area (Å²) >= 11 is 0.330. The van der Waals surface area contributed by atoms with Crippen molar-refractivity contribution in [2.75, 3.05) is 23.3 Å². The first kappa shape index (κ1) is 15.9. The van der Waals surface area contributed by atoms with Gasteiger partial charge in [0, 0.05) is 19.1 Å². The van der Waals surface area contributed by atoms with E-state index in [0.29, 0.717) is 36.7 Å². The molecule has 5 nitrogen and oxygen atoms in total. The molecule has 8 heteroatoms. The molecule has 19 heavy (non-hydrogen) atoms. The van der Waals surface area contributed by atoms with Crippen molar-refractivity contribution < 1.29 is 8.78 Å². The highest BCUT2D eigenvalue weighted by Gasteiger charge is 2.15. The van der Waals surface area contributed by atoms with Crippen molar-refractivity contribution in [3.05, 3.63) is 0 Å². The van der Waals surface area contributed by atoms with Crippen molar-refractivity contribution in [2.45, 2.75) is 44.7 Å². The predicted molar refractivity (Wildman–Crippen MR) is 74.0 cm³/mol. The van der Waals surface area contributed by atoms with Gasteiger partial charge in [0.15, 0.2) is 5.16 Å². The number of thioether (sulfide) groups is 1. The van der Waals surface area contributed by atoms with Crippen LogP contribution in [0.15, 0.2) is 5.16 Å². The van der Waals surface area contributed by atoms with E-state index in [2.05, 4.69) is 20.3 Å². The Labute approximate surface area is 116 Å². The van der Waals surface area contributed by atoms with Gasteiger partial charge in [-0.2, -0.15) is 23.7 Å². The van der Waals surface area contributed by atoms with Gasteiger partial charge < -0.3 is 10.2 Å². The van der Waals surface area contributed by atoms with Crippen LogP contribution < -0.4 is 10.2 Å². The summed E-state index contributed by atoms with van der Waals surface area (Å²) in [6, 6.07) is 0.122. The zero-order chi connectivity index (χ0) is 14.4. The van der Waals surface area contributed by atoms with Crippen LogP contribution in [0, 0.1) is 0 Å². The molecule has 1 heterocycles. The van der Waals surface area contributed by atoms with Crippen molar-refractivity contribution in [3.63, 3.8) is 0 Å². The lowest BCUT2D eigenvalue weighted by atomic mass is 10.4. The van der Waals surface area contributed by atoms with Gasteiger partial charge in [0.1, 0.15) is 0 Å². The maximum atomic E-state index is 12.4. The standard InChI is InChI=1S/C11H19F2N5S/c1-5-18(6-2)10-15-9(14-7(3)4)16-11(17-10)19-8(12)13/h7-8H,5-6H2,1-4H3,(H,14,15,16,17). The third-order valence-electron chi connectivity index (χ3n) is 2.26. The highest BCUT2D eigenvalue weighted by molar-refractivity contribution is 7.99. The molecule has 0 radical (unpaired) electrons. The summed E-state index contributed by atoms with van der Waals surface area (Å²) in [5.74, 6) is -1.79. The minimum Gasteiger partial charge on any atom is -0.352 e. The smallest absolute Gasteiger partial charge is 0.291 e. The van der Waals surface area contributed by atoms with Crippen molar-refractivity contribution in [1.29, 1.82) is 0 Å². The van der Waals surface area contributed by atoms with Crippen molar-refractivity contribution in [3.8, 4) is 0 Å². The fraction of sp³-hybridized carbons (Fsp3) is 0.727. The average Bonchev–Trinajstić information content (AvgIpc) is 2.28. The van der Waals surface area contributed by atoms with Gasteiger partial charge in [-0.1, -0.05) is 0 Å². The summed E-state index contributed by atoms with van der Waals surface area (Å²) in [6.07, 6.45) is 0. The molecule has 1 N–H and O–H groups in total. The number of anilines is 2. The second-order valence-corrected chi connectivity index (χ2v) is 5.05. The topological polar surface area (TPSA) is 53.9 Å². The molecule has 0 spiro atoms. The summed E-state index contributed by atoms with van der Waals surface area (Å²) in [5, 5.41) is 3.05. The fourth-order valence-corrected chi connectivity index (χ4v) is 1.88. The Balaban J connectivity index is 3.07. The van der Waals surface area contributed by atoms with E-state index in [4.69, 9.17) is 0 Å². The lowest BCUT2D eigenvalue weighted by molar-refractivity contribution is 0.251. The monoisotopic (exact) mass is 291 g/mol. The maximum Gasteiger partial charge on any atom is 0.291 e. The van der Waals surface area contributed by atoms with Gasteiger partial charge in [-0.25, -0.2) is 0 Å². The first-order valence-electron chi connectivity index (χ1n) is 6.18. The molecular formula is C11H19F2N5S. The Morgan fingerprint density at radius 3 is 2.26 bits per heavy atom. The van der Waals surface area contributed by atoms with Gasteiger partial charge in [-0.05, 0) is 39.5 Å². The molecular weight excluding hydrogens is 272 g/mol. The van der Waals surface area contributed by atoms with Crippen LogP contribution in [0.3, 0.4) is 0 Å². The number of hydrogen-bond donors (Lipinski definition) is 1. The average molecular weight is 291 g/mol. The fourth-order valence-electron chi connectivity index (χ4n) is 1.45. The third kappa shape index (κ3) is 5.14. The Hall–Kier alpha value is -1.18. The first-order chi connectivity index (χ1) is 8.96. The highest BCUT2D eigenvalue weighted by atomic mass is 32.2. The molecule has 0 aromatic carbocycles. The second-order valence-electron chi connectivity index (χ2n) is 4.09. The Morgan fingerprint density at radius 2 is 1.79 bits per heavy atom. The number of rotatable bonds is 7. The van der Waals surface area contributed by atoms with Crippen LogP contribution in [-0.2, 0) is 0 Å². The van der Waals surface area contributed by atoms with E-state index >= 15 is 0 Å². The van der Waals surface area contributed by atoms with Crippen LogP contribution in [0.25, 0.3) is 0 Å². The molecule has 0 saturated heterocycles. The molecule has 1 aromatic rings. The quantitative estimate of drug-likeness (QED) is 0.780. The molecule has 0 atom stereocenters. The zero-order valence-electron chi connectivity index (χ0n) is 11.5. The van der Waals surface area contributed by atoms with Crippen molar-refractivity contribution >= 4 is 23.7 Å². The van der Waals surface area contributed by atoms with Gasteiger partial charge in [-0.3, -0.25) is 0 Å². The van der Waals surface area contributed by atoms with E-state index in [9.17, 15) is 8.78 Å². The molecule has 0 aliphatic carbocycles. The van der Waals surface area contributed by atoms with Crippen LogP contribution in [0.4, 0.5) is 20.7 Å². The molecule has 0 aliphatic rings. The molecule has 0 fully saturated rings. The number of nitrogens with one attached hydrogen (secondary N) is 1. The maximum absolute atomic E-state index is 12.4. The number of nitrogens with zero attached hydrogens (tertiary/aromatic N) is 4. The largest absolute Gasteiger partial charge is 0.352 e. The Kier molecular flexibility index (Phi) is 6.20. The summed E-state index contributed by atoms with van der Waals surface area (Å²) in [7, 11) is 0. The predicted octanol–water partition coefficient (Wildman–Crippen LogP) is 2.85. The third-order valence-corrected chi connectivity index (χ3v) is 2.83. The summed E-state index contributed by atoms with van der Waals surface area (Å²) in [4.78, 5) is 14.2. The van der Waals surface area contributed by atoms with Gasteiger partial charge in [-0.15, -0.1) is 0 Å². The first-order valence-corrected chi connectivity index (χ1v) is 7.06. The molecule has 0 amide bonds. The van der Waals surface area contributed by atoms with E-state index in [0.717, 1.165) is 0 Å². The van der Waals surface area contributed by atoms with E-state index in [1.807, 2.05) is 32.6 Å². The van der Waals surface area contributed by atoms with Crippen LogP contribution in [0.2, 0.25) is 0 Å². The second kappa shape index (κ2) is 7.42. The lowest BCUT2D eigenvalue weighted by Gasteiger charge is -2.20. The van der Waals surface area contributed by atoms with Gasteiger partial charge in [0.05, 0.1) is 0 Å². The minimum absolute atomic E-state index is 0.0371. The molecule has 0 unspecified atom stereocenters.